The van der Waals surface area contributed by atoms with Gasteiger partial charge in [0, 0.05) is 12.6 Å². The third kappa shape index (κ3) is 6.77. The van der Waals surface area contributed by atoms with Crippen molar-refractivity contribution in [2.75, 3.05) is 25.2 Å². The highest BCUT2D eigenvalue weighted by molar-refractivity contribution is 7.98. The van der Waals surface area contributed by atoms with Crippen LogP contribution in [0.4, 0.5) is 0 Å². The zero-order chi connectivity index (χ0) is 11.6. The summed E-state index contributed by atoms with van der Waals surface area (Å²) in [7, 11) is 0. The predicted molar refractivity (Wildman–Crippen MR) is 73.3 cm³/mol. The van der Waals surface area contributed by atoms with Crippen LogP contribution in [0, 0.1) is 0 Å². The van der Waals surface area contributed by atoms with E-state index in [0.29, 0.717) is 12.1 Å². The van der Waals surface area contributed by atoms with Crippen molar-refractivity contribution >= 4 is 11.8 Å². The Balaban J connectivity index is 1.86. The number of unbranched alkanes of at least 4 members (excludes halogenated alkanes) is 3. The van der Waals surface area contributed by atoms with Crippen LogP contribution >= 0.6 is 11.8 Å². The van der Waals surface area contributed by atoms with Crippen molar-refractivity contribution in [1.29, 1.82) is 0 Å². The minimum absolute atomic E-state index is 0.452. The van der Waals surface area contributed by atoms with Gasteiger partial charge in [0.15, 0.2) is 0 Å². The Labute approximate surface area is 105 Å². The summed E-state index contributed by atoms with van der Waals surface area (Å²) < 4.78 is 5.54. The quantitative estimate of drug-likeness (QED) is 0.664. The van der Waals surface area contributed by atoms with Crippen molar-refractivity contribution in [1.82, 2.24) is 5.32 Å². The Kier molecular flexibility index (Phi) is 8.34. The second kappa shape index (κ2) is 9.32. The van der Waals surface area contributed by atoms with Crippen molar-refractivity contribution in [2.45, 2.75) is 57.6 Å². The first-order chi connectivity index (χ1) is 7.83. The maximum atomic E-state index is 5.54. The van der Waals surface area contributed by atoms with Crippen LogP contribution in [0.1, 0.15) is 45.4 Å². The molecule has 0 aromatic rings. The molecule has 0 aliphatic carbocycles. The molecule has 1 rings (SSSR count). The third-order valence-corrected chi connectivity index (χ3v) is 3.89. The molecule has 2 atom stereocenters. The van der Waals surface area contributed by atoms with Gasteiger partial charge in [-0.2, -0.15) is 11.8 Å². The standard InChI is InChI=1S/C13H27NOS/c1-12-11-13(7-9-15-12)14-8-5-3-4-6-10-16-2/h12-14H,3-11H2,1-2H3. The maximum absolute atomic E-state index is 5.54. The minimum Gasteiger partial charge on any atom is -0.378 e. The molecule has 1 aliphatic rings. The number of ether oxygens (including phenoxy) is 1. The lowest BCUT2D eigenvalue weighted by Gasteiger charge is -2.28. The second-order valence-electron chi connectivity index (χ2n) is 4.76. The summed E-state index contributed by atoms with van der Waals surface area (Å²) in [4.78, 5) is 0. The topological polar surface area (TPSA) is 21.3 Å². The van der Waals surface area contributed by atoms with E-state index >= 15 is 0 Å². The smallest absolute Gasteiger partial charge is 0.0561 e. The summed E-state index contributed by atoms with van der Waals surface area (Å²) in [6.45, 7) is 4.31. The van der Waals surface area contributed by atoms with Gasteiger partial charge < -0.3 is 10.1 Å². The van der Waals surface area contributed by atoms with Gasteiger partial charge in [-0.25, -0.2) is 0 Å². The molecule has 0 saturated carbocycles. The Morgan fingerprint density at radius 3 is 2.81 bits per heavy atom. The highest BCUT2D eigenvalue weighted by Gasteiger charge is 2.17. The van der Waals surface area contributed by atoms with Gasteiger partial charge in [0.05, 0.1) is 6.10 Å². The number of thioether (sulfide) groups is 1. The highest BCUT2D eigenvalue weighted by atomic mass is 32.2. The molecule has 3 heteroatoms. The number of rotatable bonds is 8. The molecule has 0 amide bonds. The number of hydrogen-bond donors (Lipinski definition) is 1. The molecule has 2 nitrogen and oxygen atoms in total. The van der Waals surface area contributed by atoms with Crippen LogP contribution in [0.2, 0.25) is 0 Å². The molecular formula is C13H27NOS. The first kappa shape index (κ1) is 14.3. The van der Waals surface area contributed by atoms with Crippen LogP contribution < -0.4 is 5.32 Å². The van der Waals surface area contributed by atoms with E-state index in [1.165, 1.54) is 50.8 Å². The van der Waals surface area contributed by atoms with E-state index in [-0.39, 0.29) is 0 Å². The van der Waals surface area contributed by atoms with Gasteiger partial charge in [-0.3, -0.25) is 0 Å². The van der Waals surface area contributed by atoms with Crippen molar-refractivity contribution in [3.05, 3.63) is 0 Å². The fourth-order valence-electron chi connectivity index (χ4n) is 2.21. The zero-order valence-corrected chi connectivity index (χ0v) is 11.7. The first-order valence-electron chi connectivity index (χ1n) is 6.67. The molecule has 1 N–H and O–H groups in total. The van der Waals surface area contributed by atoms with E-state index in [9.17, 15) is 0 Å². The normalized spacial score (nSPS) is 25.9. The van der Waals surface area contributed by atoms with Crippen molar-refractivity contribution in [2.24, 2.45) is 0 Å². The summed E-state index contributed by atoms with van der Waals surface area (Å²) >= 11 is 1.96. The fraction of sp³-hybridized carbons (Fsp3) is 1.00. The van der Waals surface area contributed by atoms with Crippen LogP contribution in [-0.2, 0) is 4.74 Å². The van der Waals surface area contributed by atoms with Gasteiger partial charge in [-0.1, -0.05) is 12.8 Å². The summed E-state index contributed by atoms with van der Waals surface area (Å²) in [5.74, 6) is 1.32. The molecule has 0 bridgehead atoms. The lowest BCUT2D eigenvalue weighted by Crippen LogP contribution is -2.38. The van der Waals surface area contributed by atoms with Gasteiger partial charge in [0.25, 0.3) is 0 Å². The summed E-state index contributed by atoms with van der Waals surface area (Å²) in [6, 6.07) is 0.704. The predicted octanol–water partition coefficient (Wildman–Crippen LogP) is 3.07. The van der Waals surface area contributed by atoms with Crippen LogP contribution in [-0.4, -0.2) is 37.3 Å². The van der Waals surface area contributed by atoms with Gasteiger partial charge in [-0.05, 0) is 51.2 Å². The summed E-state index contributed by atoms with van der Waals surface area (Å²) in [6.07, 6.45) is 10.5. The molecule has 0 radical (unpaired) electrons. The van der Waals surface area contributed by atoms with Crippen molar-refractivity contribution in [3.8, 4) is 0 Å². The van der Waals surface area contributed by atoms with E-state index in [1.807, 2.05) is 11.8 Å². The molecule has 1 aliphatic heterocycles. The van der Waals surface area contributed by atoms with Gasteiger partial charge >= 0.3 is 0 Å². The fourth-order valence-corrected chi connectivity index (χ4v) is 2.71. The molecule has 96 valence electrons. The van der Waals surface area contributed by atoms with Crippen LogP contribution in [0.3, 0.4) is 0 Å². The van der Waals surface area contributed by atoms with Gasteiger partial charge in [0.2, 0.25) is 0 Å². The molecule has 2 unspecified atom stereocenters. The Morgan fingerprint density at radius 1 is 1.25 bits per heavy atom. The molecule has 1 heterocycles. The van der Waals surface area contributed by atoms with Crippen molar-refractivity contribution < 1.29 is 4.74 Å². The van der Waals surface area contributed by atoms with E-state index in [1.54, 1.807) is 0 Å². The van der Waals surface area contributed by atoms with Gasteiger partial charge in [0.1, 0.15) is 0 Å². The summed E-state index contributed by atoms with van der Waals surface area (Å²) in [5, 5.41) is 3.66. The van der Waals surface area contributed by atoms with Crippen LogP contribution in [0.15, 0.2) is 0 Å². The van der Waals surface area contributed by atoms with E-state index in [4.69, 9.17) is 4.74 Å². The maximum Gasteiger partial charge on any atom is 0.0561 e. The van der Waals surface area contributed by atoms with Crippen LogP contribution in [0.25, 0.3) is 0 Å². The zero-order valence-electron chi connectivity index (χ0n) is 10.8. The molecule has 0 spiro atoms. The highest BCUT2D eigenvalue weighted by Crippen LogP contribution is 2.13. The van der Waals surface area contributed by atoms with E-state index in [2.05, 4.69) is 18.5 Å². The van der Waals surface area contributed by atoms with Gasteiger partial charge in [-0.15, -0.1) is 0 Å². The molecule has 1 fully saturated rings. The molecule has 0 aromatic heterocycles. The Morgan fingerprint density at radius 2 is 2.06 bits per heavy atom. The second-order valence-corrected chi connectivity index (χ2v) is 5.75. The number of nitrogens with one attached hydrogen (secondary N) is 1. The number of hydrogen-bond acceptors (Lipinski definition) is 3. The lowest BCUT2D eigenvalue weighted by atomic mass is 10.0. The average molecular weight is 245 g/mol. The summed E-state index contributed by atoms with van der Waals surface area (Å²) in [5.41, 5.74) is 0. The monoisotopic (exact) mass is 245 g/mol. The molecule has 0 aromatic carbocycles. The minimum atomic E-state index is 0.452. The molecule has 1 saturated heterocycles. The van der Waals surface area contributed by atoms with Crippen molar-refractivity contribution in [3.63, 3.8) is 0 Å². The van der Waals surface area contributed by atoms with E-state index < -0.39 is 0 Å². The average Bonchev–Trinajstić information content (AvgIpc) is 2.28. The van der Waals surface area contributed by atoms with Crippen LogP contribution in [0.5, 0.6) is 0 Å². The third-order valence-electron chi connectivity index (χ3n) is 3.19. The first-order valence-corrected chi connectivity index (χ1v) is 8.06. The van der Waals surface area contributed by atoms with E-state index in [0.717, 1.165) is 6.61 Å². The lowest BCUT2D eigenvalue weighted by molar-refractivity contribution is 0.0134. The Bertz CT molecular complexity index is 166. The Hall–Kier alpha value is 0.270. The largest absolute Gasteiger partial charge is 0.378 e. The molecular weight excluding hydrogens is 218 g/mol. The molecule has 16 heavy (non-hydrogen) atoms. The SMILES string of the molecule is CSCCCCCCNC1CCOC(C)C1.